The molecule has 2 aromatic rings. The average Bonchev–Trinajstić information content (AvgIpc) is 3.03. The number of nitrogens with two attached hydrogens (primary N) is 1. The molecule has 1 aliphatic carbocycles. The lowest BCUT2D eigenvalue weighted by atomic mass is 9.98. The van der Waals surface area contributed by atoms with Gasteiger partial charge in [-0.15, -0.1) is 6.58 Å². The minimum atomic E-state index is -0.967. The molecule has 3 rings (SSSR count). The smallest absolute Gasteiger partial charge is 0.313 e. The van der Waals surface area contributed by atoms with E-state index < -0.39 is 17.9 Å². The minimum absolute atomic E-state index is 0.0165. The third-order valence-corrected chi connectivity index (χ3v) is 4.81. The van der Waals surface area contributed by atoms with E-state index in [0.29, 0.717) is 6.29 Å². The fourth-order valence-corrected chi connectivity index (χ4v) is 3.42. The summed E-state index contributed by atoms with van der Waals surface area (Å²) < 4.78 is 10.9. The molecule has 2 aromatic carbocycles. The van der Waals surface area contributed by atoms with E-state index >= 15 is 0 Å². The summed E-state index contributed by atoms with van der Waals surface area (Å²) in [5.74, 6) is -1.40. The minimum Gasteiger partial charge on any atom is -0.464 e. The third kappa shape index (κ3) is 3.99. The lowest BCUT2D eigenvalue weighted by molar-refractivity contribution is -0.152. The van der Waals surface area contributed by atoms with Crippen LogP contribution in [0.5, 0.6) is 0 Å². The van der Waals surface area contributed by atoms with Gasteiger partial charge in [-0.25, -0.2) is 0 Å². The van der Waals surface area contributed by atoms with Gasteiger partial charge in [-0.05, 0) is 22.3 Å². The maximum Gasteiger partial charge on any atom is 0.313 e. The highest BCUT2D eigenvalue weighted by molar-refractivity contribution is 5.80. The SMILES string of the molecule is C=CCOCC(C(=O)OCC1c2ccccc2-c2ccccc21)C(N)C=O. The third-order valence-electron chi connectivity index (χ3n) is 4.81. The first-order chi connectivity index (χ1) is 13.2. The van der Waals surface area contributed by atoms with Crippen molar-refractivity contribution in [2.24, 2.45) is 11.7 Å². The van der Waals surface area contributed by atoms with Crippen LogP contribution in [0, 0.1) is 5.92 Å². The maximum absolute atomic E-state index is 12.6. The predicted octanol–water partition coefficient (Wildman–Crippen LogP) is 2.69. The van der Waals surface area contributed by atoms with Gasteiger partial charge in [0, 0.05) is 5.92 Å². The van der Waals surface area contributed by atoms with Crippen LogP contribution >= 0.6 is 0 Å². The van der Waals surface area contributed by atoms with E-state index in [0.717, 1.165) is 22.3 Å². The maximum atomic E-state index is 12.6. The van der Waals surface area contributed by atoms with Gasteiger partial charge in [-0.3, -0.25) is 4.79 Å². The molecule has 1 aliphatic rings. The molecule has 0 saturated carbocycles. The molecule has 0 fully saturated rings. The van der Waals surface area contributed by atoms with Crippen LogP contribution in [0.1, 0.15) is 17.0 Å². The first-order valence-electron chi connectivity index (χ1n) is 8.91. The van der Waals surface area contributed by atoms with E-state index in [9.17, 15) is 9.59 Å². The number of fused-ring (bicyclic) bond motifs is 3. The molecule has 5 heteroatoms. The summed E-state index contributed by atoms with van der Waals surface area (Å²) in [6, 6.07) is 15.2. The normalized spacial score (nSPS) is 14.7. The fraction of sp³-hybridized carbons (Fsp3) is 0.273. The first kappa shape index (κ1) is 19.0. The lowest BCUT2D eigenvalue weighted by Crippen LogP contribution is -2.41. The zero-order valence-electron chi connectivity index (χ0n) is 15.0. The van der Waals surface area contributed by atoms with Crippen molar-refractivity contribution in [2.75, 3.05) is 19.8 Å². The van der Waals surface area contributed by atoms with Gasteiger partial charge < -0.3 is 20.0 Å². The Hall–Kier alpha value is -2.76. The number of benzene rings is 2. The molecule has 5 nitrogen and oxygen atoms in total. The second-order valence-electron chi connectivity index (χ2n) is 6.50. The Morgan fingerprint density at radius 3 is 2.26 bits per heavy atom. The Labute approximate surface area is 158 Å². The zero-order chi connectivity index (χ0) is 19.2. The molecule has 0 heterocycles. The highest BCUT2D eigenvalue weighted by Crippen LogP contribution is 2.44. The van der Waals surface area contributed by atoms with Crippen LogP contribution in [-0.4, -0.2) is 38.1 Å². The van der Waals surface area contributed by atoms with Crippen LogP contribution in [0.3, 0.4) is 0 Å². The van der Waals surface area contributed by atoms with Crippen molar-refractivity contribution in [3.63, 3.8) is 0 Å². The van der Waals surface area contributed by atoms with Crippen molar-refractivity contribution in [3.8, 4) is 11.1 Å². The number of carbonyl (C=O) groups is 2. The van der Waals surface area contributed by atoms with Crippen LogP contribution < -0.4 is 5.73 Å². The van der Waals surface area contributed by atoms with E-state index in [1.165, 1.54) is 0 Å². The summed E-state index contributed by atoms with van der Waals surface area (Å²) in [6.45, 7) is 4.04. The van der Waals surface area contributed by atoms with Gasteiger partial charge in [0.2, 0.25) is 0 Å². The van der Waals surface area contributed by atoms with Crippen molar-refractivity contribution < 1.29 is 19.1 Å². The van der Waals surface area contributed by atoms with Gasteiger partial charge in [-0.2, -0.15) is 0 Å². The highest BCUT2D eigenvalue weighted by Gasteiger charge is 2.32. The van der Waals surface area contributed by atoms with Crippen molar-refractivity contribution in [1.82, 2.24) is 0 Å². The van der Waals surface area contributed by atoms with Crippen LogP contribution in [0.15, 0.2) is 61.2 Å². The Bertz CT molecular complexity index is 787. The van der Waals surface area contributed by atoms with E-state index in [1.54, 1.807) is 6.08 Å². The second kappa shape index (κ2) is 8.75. The van der Waals surface area contributed by atoms with Crippen molar-refractivity contribution in [3.05, 3.63) is 72.3 Å². The second-order valence-corrected chi connectivity index (χ2v) is 6.50. The summed E-state index contributed by atoms with van der Waals surface area (Å²) >= 11 is 0. The molecule has 140 valence electrons. The molecule has 27 heavy (non-hydrogen) atoms. The van der Waals surface area contributed by atoms with E-state index in [2.05, 4.69) is 30.8 Å². The summed E-state index contributed by atoms with van der Waals surface area (Å²) in [5.41, 5.74) is 10.3. The molecule has 0 bridgehead atoms. The van der Waals surface area contributed by atoms with E-state index in [4.69, 9.17) is 15.2 Å². The molecule has 0 amide bonds. The highest BCUT2D eigenvalue weighted by atomic mass is 16.5. The van der Waals surface area contributed by atoms with Crippen LogP contribution in [-0.2, 0) is 19.1 Å². The molecular formula is C22H23NO4. The molecule has 0 aromatic heterocycles. The Morgan fingerprint density at radius 2 is 1.70 bits per heavy atom. The molecule has 0 saturated heterocycles. The number of carbonyl (C=O) groups excluding carboxylic acids is 2. The summed E-state index contributed by atoms with van der Waals surface area (Å²) in [6.07, 6.45) is 2.12. The van der Waals surface area contributed by atoms with Gasteiger partial charge in [0.05, 0.1) is 19.3 Å². The number of aldehydes is 1. The van der Waals surface area contributed by atoms with E-state index in [1.807, 2.05) is 24.3 Å². The number of rotatable bonds is 9. The molecule has 0 aliphatic heterocycles. The number of ether oxygens (including phenoxy) is 2. The Balaban J connectivity index is 1.74. The predicted molar refractivity (Wildman–Crippen MR) is 103 cm³/mol. The van der Waals surface area contributed by atoms with Crippen LogP contribution in [0.4, 0.5) is 0 Å². The fourth-order valence-electron chi connectivity index (χ4n) is 3.42. The largest absolute Gasteiger partial charge is 0.464 e. The van der Waals surface area contributed by atoms with Gasteiger partial charge in [0.1, 0.15) is 18.8 Å². The monoisotopic (exact) mass is 365 g/mol. The Morgan fingerprint density at radius 1 is 1.11 bits per heavy atom. The van der Waals surface area contributed by atoms with Crippen molar-refractivity contribution >= 4 is 12.3 Å². The van der Waals surface area contributed by atoms with Gasteiger partial charge in [0.15, 0.2) is 0 Å². The molecule has 0 radical (unpaired) electrons. The topological polar surface area (TPSA) is 78.6 Å². The van der Waals surface area contributed by atoms with Crippen molar-refractivity contribution in [1.29, 1.82) is 0 Å². The number of esters is 1. The van der Waals surface area contributed by atoms with Gasteiger partial charge in [0.25, 0.3) is 0 Å². The standard InChI is InChI=1S/C22H23NO4/c1-2-11-26-13-20(21(23)12-24)22(25)27-14-19-17-9-5-3-7-15(17)16-8-4-6-10-18(16)19/h2-10,12,19-21H,1,11,13-14,23H2. The molecule has 2 atom stereocenters. The van der Waals surface area contributed by atoms with Crippen molar-refractivity contribution in [2.45, 2.75) is 12.0 Å². The molecule has 0 spiro atoms. The van der Waals surface area contributed by atoms with Crippen LogP contribution in [0.25, 0.3) is 11.1 Å². The van der Waals surface area contributed by atoms with Gasteiger partial charge >= 0.3 is 5.97 Å². The molecular weight excluding hydrogens is 342 g/mol. The van der Waals surface area contributed by atoms with Gasteiger partial charge in [-0.1, -0.05) is 54.6 Å². The summed E-state index contributed by atoms with van der Waals surface area (Å²) in [5, 5.41) is 0. The zero-order valence-corrected chi connectivity index (χ0v) is 15.0. The summed E-state index contributed by atoms with van der Waals surface area (Å²) in [7, 11) is 0. The molecule has 2 unspecified atom stereocenters. The quantitative estimate of drug-likeness (QED) is 0.320. The average molecular weight is 365 g/mol. The Kier molecular flexibility index (Phi) is 6.16. The molecule has 2 N–H and O–H groups in total. The summed E-state index contributed by atoms with van der Waals surface area (Å²) in [4.78, 5) is 23.6. The number of hydrogen-bond acceptors (Lipinski definition) is 5. The first-order valence-corrected chi connectivity index (χ1v) is 8.91. The van der Waals surface area contributed by atoms with E-state index in [-0.39, 0.29) is 25.7 Å². The lowest BCUT2D eigenvalue weighted by Gasteiger charge is -2.20. The number of hydrogen-bond donors (Lipinski definition) is 1. The van der Waals surface area contributed by atoms with Crippen LogP contribution in [0.2, 0.25) is 0 Å².